The van der Waals surface area contributed by atoms with Gasteiger partial charge in [0.2, 0.25) is 0 Å². The number of carboxylic acids is 1. The van der Waals surface area contributed by atoms with Gasteiger partial charge in [-0.25, -0.2) is 4.79 Å². The molecule has 0 bridgehead atoms. The van der Waals surface area contributed by atoms with Gasteiger partial charge in [-0.15, -0.1) is 11.5 Å². The maximum Gasteiger partial charge on any atom is 0.339 e. The van der Waals surface area contributed by atoms with Crippen LogP contribution in [0.15, 0.2) is 0 Å². The molecule has 0 aromatic carbocycles. The molecule has 5 nitrogen and oxygen atoms in total. The van der Waals surface area contributed by atoms with Crippen molar-refractivity contribution >= 4 is 11.8 Å². The van der Waals surface area contributed by atoms with Gasteiger partial charge in [-0.3, -0.25) is 0 Å². The van der Waals surface area contributed by atoms with Gasteiger partial charge in [-0.05, 0) is 26.3 Å². The molecule has 0 unspecified atom stereocenters. The third-order valence-corrected chi connectivity index (χ3v) is 2.61. The predicted octanol–water partition coefficient (Wildman–Crippen LogP) is 1.25. The molecule has 0 amide bonds. The number of terminal acetylenes is 1. The highest BCUT2D eigenvalue weighted by Crippen LogP contribution is 2.21. The van der Waals surface area contributed by atoms with E-state index in [-0.39, 0.29) is 5.56 Å². The molecule has 0 aliphatic heterocycles. The van der Waals surface area contributed by atoms with Crippen LogP contribution in [0.5, 0.6) is 0 Å². The van der Waals surface area contributed by atoms with E-state index in [2.05, 4.69) is 16.1 Å². The second-order valence-electron chi connectivity index (χ2n) is 3.63. The summed E-state index contributed by atoms with van der Waals surface area (Å²) in [5, 5.41) is 17.1. The van der Waals surface area contributed by atoms with Crippen LogP contribution in [0.25, 0.3) is 0 Å². The van der Waals surface area contributed by atoms with Crippen LogP contribution in [0, 0.1) is 26.2 Å². The predicted molar refractivity (Wildman–Crippen MR) is 65.2 cm³/mol. The van der Waals surface area contributed by atoms with Crippen molar-refractivity contribution in [3.05, 3.63) is 16.8 Å². The zero-order valence-corrected chi connectivity index (χ0v) is 10.2. The maximum atomic E-state index is 11.3. The van der Waals surface area contributed by atoms with Crippen LogP contribution < -0.4 is 4.90 Å². The monoisotopic (exact) mass is 233 g/mol. The molecular weight excluding hydrogens is 218 g/mol. The largest absolute Gasteiger partial charge is 0.478 e. The third kappa shape index (κ3) is 2.53. The van der Waals surface area contributed by atoms with Crippen molar-refractivity contribution in [3.63, 3.8) is 0 Å². The molecule has 1 N–H and O–H groups in total. The van der Waals surface area contributed by atoms with Gasteiger partial charge in [0, 0.05) is 6.54 Å². The summed E-state index contributed by atoms with van der Waals surface area (Å²) in [6.07, 6.45) is 5.25. The SMILES string of the molecule is C#CCN(CC)c1nnc(C)c(C)c1C(=O)O. The number of carboxylic acid groups (broad SMARTS) is 1. The molecule has 90 valence electrons. The molecule has 0 saturated carbocycles. The highest BCUT2D eigenvalue weighted by molar-refractivity contribution is 5.95. The molecule has 0 atom stereocenters. The van der Waals surface area contributed by atoms with Crippen molar-refractivity contribution in [1.82, 2.24) is 10.2 Å². The second kappa shape index (κ2) is 5.30. The fourth-order valence-electron chi connectivity index (χ4n) is 1.52. The summed E-state index contributed by atoms with van der Waals surface area (Å²) in [6.45, 7) is 6.24. The number of aromatic carboxylic acids is 1. The van der Waals surface area contributed by atoms with E-state index in [1.807, 2.05) is 6.92 Å². The van der Waals surface area contributed by atoms with Crippen LogP contribution in [0.1, 0.15) is 28.5 Å². The van der Waals surface area contributed by atoms with E-state index in [4.69, 9.17) is 6.42 Å². The van der Waals surface area contributed by atoms with E-state index < -0.39 is 5.97 Å². The van der Waals surface area contributed by atoms with E-state index in [9.17, 15) is 9.90 Å². The molecular formula is C12H15N3O2. The van der Waals surface area contributed by atoms with Crippen LogP contribution in [-0.2, 0) is 0 Å². The van der Waals surface area contributed by atoms with Crippen LogP contribution >= 0.6 is 0 Å². The van der Waals surface area contributed by atoms with Crippen molar-refractivity contribution in [2.24, 2.45) is 0 Å². The highest BCUT2D eigenvalue weighted by Gasteiger charge is 2.20. The van der Waals surface area contributed by atoms with E-state index in [1.54, 1.807) is 18.7 Å². The highest BCUT2D eigenvalue weighted by atomic mass is 16.4. The zero-order chi connectivity index (χ0) is 13.0. The molecule has 0 fully saturated rings. The Hall–Kier alpha value is -2.09. The summed E-state index contributed by atoms with van der Waals surface area (Å²) in [6, 6.07) is 0. The van der Waals surface area contributed by atoms with Gasteiger partial charge in [0.1, 0.15) is 5.56 Å². The first-order valence-electron chi connectivity index (χ1n) is 5.28. The van der Waals surface area contributed by atoms with Crippen LogP contribution in [-0.4, -0.2) is 34.4 Å². The number of anilines is 1. The summed E-state index contributed by atoms with van der Waals surface area (Å²) in [4.78, 5) is 13.0. The summed E-state index contributed by atoms with van der Waals surface area (Å²) < 4.78 is 0. The first-order valence-corrected chi connectivity index (χ1v) is 5.28. The summed E-state index contributed by atoms with van der Waals surface area (Å²) in [5.74, 6) is 1.81. The van der Waals surface area contributed by atoms with E-state index in [0.717, 1.165) is 0 Å². The van der Waals surface area contributed by atoms with Gasteiger partial charge < -0.3 is 10.0 Å². The first kappa shape index (κ1) is 13.0. The Morgan fingerprint density at radius 2 is 2.12 bits per heavy atom. The lowest BCUT2D eigenvalue weighted by atomic mass is 10.1. The van der Waals surface area contributed by atoms with Gasteiger partial charge >= 0.3 is 5.97 Å². The van der Waals surface area contributed by atoms with Crippen LogP contribution in [0.2, 0.25) is 0 Å². The van der Waals surface area contributed by atoms with E-state index in [0.29, 0.717) is 30.2 Å². The average Bonchev–Trinajstić information content (AvgIpc) is 2.29. The number of hydrogen-bond acceptors (Lipinski definition) is 4. The summed E-state index contributed by atoms with van der Waals surface area (Å²) in [5.41, 5.74) is 1.41. The molecule has 17 heavy (non-hydrogen) atoms. The minimum absolute atomic E-state index is 0.176. The topological polar surface area (TPSA) is 66.3 Å². The lowest BCUT2D eigenvalue weighted by molar-refractivity contribution is 0.0696. The molecule has 5 heteroatoms. The molecule has 0 aliphatic rings. The van der Waals surface area contributed by atoms with E-state index >= 15 is 0 Å². The molecule has 1 aromatic heterocycles. The molecule has 0 saturated heterocycles. The summed E-state index contributed by atoms with van der Waals surface area (Å²) in [7, 11) is 0. The fraction of sp³-hybridized carbons (Fsp3) is 0.417. The third-order valence-electron chi connectivity index (χ3n) is 2.61. The van der Waals surface area contributed by atoms with Crippen molar-refractivity contribution < 1.29 is 9.90 Å². The van der Waals surface area contributed by atoms with Crippen molar-refractivity contribution in [2.45, 2.75) is 20.8 Å². The average molecular weight is 233 g/mol. The Morgan fingerprint density at radius 1 is 1.47 bits per heavy atom. The Bertz CT molecular complexity index is 477. The molecule has 1 heterocycles. The Morgan fingerprint density at radius 3 is 2.59 bits per heavy atom. The van der Waals surface area contributed by atoms with Gasteiger partial charge in [0.25, 0.3) is 0 Å². The van der Waals surface area contributed by atoms with Gasteiger partial charge in [-0.1, -0.05) is 5.92 Å². The van der Waals surface area contributed by atoms with Gasteiger partial charge in [0.15, 0.2) is 5.82 Å². The van der Waals surface area contributed by atoms with Gasteiger partial charge in [0.05, 0.1) is 12.2 Å². The Kier molecular flexibility index (Phi) is 4.05. The standard InChI is InChI=1S/C12H15N3O2/c1-5-7-15(6-2)11-10(12(16)17)8(3)9(4)13-14-11/h1H,6-7H2,2-4H3,(H,16,17). The quantitative estimate of drug-likeness (QED) is 0.793. The smallest absolute Gasteiger partial charge is 0.339 e. The lowest BCUT2D eigenvalue weighted by Crippen LogP contribution is -2.27. The maximum absolute atomic E-state index is 11.3. The molecule has 0 spiro atoms. The van der Waals surface area contributed by atoms with Crippen molar-refractivity contribution in [2.75, 3.05) is 18.0 Å². The number of aryl methyl sites for hydroxylation is 1. The van der Waals surface area contributed by atoms with Crippen LogP contribution in [0.3, 0.4) is 0 Å². The fourth-order valence-corrected chi connectivity index (χ4v) is 1.52. The minimum Gasteiger partial charge on any atom is -0.478 e. The number of rotatable bonds is 4. The first-order chi connectivity index (χ1) is 8.02. The molecule has 0 radical (unpaired) electrons. The number of carbonyl (C=O) groups is 1. The number of aromatic nitrogens is 2. The van der Waals surface area contributed by atoms with Crippen LogP contribution in [0.4, 0.5) is 5.82 Å². The minimum atomic E-state index is -1.01. The van der Waals surface area contributed by atoms with Crippen molar-refractivity contribution in [3.8, 4) is 12.3 Å². The zero-order valence-electron chi connectivity index (χ0n) is 10.2. The van der Waals surface area contributed by atoms with E-state index in [1.165, 1.54) is 0 Å². The molecule has 1 rings (SSSR count). The normalized spacial score (nSPS) is 9.76. The van der Waals surface area contributed by atoms with Gasteiger partial charge in [-0.2, -0.15) is 5.10 Å². The Balaban J connectivity index is 3.38. The number of nitrogens with zero attached hydrogens (tertiary/aromatic N) is 3. The molecule has 0 aliphatic carbocycles. The lowest BCUT2D eigenvalue weighted by Gasteiger charge is -2.21. The number of hydrogen-bond donors (Lipinski definition) is 1. The molecule has 1 aromatic rings. The second-order valence-corrected chi connectivity index (χ2v) is 3.63. The summed E-state index contributed by atoms with van der Waals surface area (Å²) >= 11 is 0. The Labute approximate surface area is 100 Å². The van der Waals surface area contributed by atoms with Crippen molar-refractivity contribution in [1.29, 1.82) is 0 Å².